The van der Waals surface area contributed by atoms with E-state index >= 15 is 0 Å². The third kappa shape index (κ3) is 4.69. The smallest absolute Gasteiger partial charge is 0.243 e. The Morgan fingerprint density at radius 1 is 1.47 bits per heavy atom. The van der Waals surface area contributed by atoms with Gasteiger partial charge >= 0.3 is 0 Å². The molecule has 19 heavy (non-hydrogen) atoms. The minimum atomic E-state index is -0.875. The molecule has 1 aliphatic heterocycles. The van der Waals surface area contributed by atoms with Crippen LogP contribution < -0.4 is 16.4 Å². The summed E-state index contributed by atoms with van der Waals surface area (Å²) in [5.41, 5.74) is 5.19. The Morgan fingerprint density at radius 2 is 2.16 bits per heavy atom. The van der Waals surface area contributed by atoms with Gasteiger partial charge in [-0.1, -0.05) is 6.92 Å². The van der Waals surface area contributed by atoms with Gasteiger partial charge in [0.1, 0.15) is 17.9 Å². The minimum Gasteiger partial charge on any atom is -0.368 e. The molecule has 0 bridgehead atoms. The average molecular weight is 269 g/mol. The first-order valence-electron chi connectivity index (χ1n) is 6.34. The van der Waals surface area contributed by atoms with E-state index in [1.165, 1.54) is 0 Å². The molecule has 1 rings (SSSR count). The fraction of sp³-hybridized carbons (Fsp3) is 0.667. The monoisotopic (exact) mass is 269 g/mol. The van der Waals surface area contributed by atoms with Crippen molar-refractivity contribution in [1.29, 1.82) is 0 Å². The number of amides is 3. The van der Waals surface area contributed by atoms with Gasteiger partial charge in [-0.05, 0) is 12.8 Å². The van der Waals surface area contributed by atoms with Crippen molar-refractivity contribution in [2.75, 3.05) is 0 Å². The Morgan fingerprint density at radius 3 is 2.63 bits per heavy atom. The Hall–Kier alpha value is -1.92. The van der Waals surface area contributed by atoms with E-state index in [0.717, 1.165) is 0 Å². The van der Waals surface area contributed by atoms with Gasteiger partial charge in [-0.25, -0.2) is 0 Å². The van der Waals surface area contributed by atoms with Crippen molar-refractivity contribution in [3.63, 3.8) is 0 Å². The predicted molar refractivity (Wildman–Crippen MR) is 66.8 cm³/mol. The normalized spacial score (nSPS) is 19.6. The van der Waals surface area contributed by atoms with Gasteiger partial charge in [0.2, 0.25) is 17.7 Å². The van der Waals surface area contributed by atoms with Crippen LogP contribution in [0.2, 0.25) is 0 Å². The summed E-state index contributed by atoms with van der Waals surface area (Å²) in [4.78, 5) is 45.2. The summed E-state index contributed by atoms with van der Waals surface area (Å²) in [5.74, 6) is -1.29. The van der Waals surface area contributed by atoms with E-state index in [-0.39, 0.29) is 24.5 Å². The zero-order valence-corrected chi connectivity index (χ0v) is 10.9. The van der Waals surface area contributed by atoms with Crippen LogP contribution in [0.15, 0.2) is 0 Å². The standard InChI is InChI=1S/C12H19N3O4/c1-2-7(16)3-4-8(11(13)18)15-12(19)9-5-6-10(17)14-9/h8-9H,2-6H2,1H3,(H2,13,18)(H,14,17)(H,15,19)/t8-,9-/m1/s1. The van der Waals surface area contributed by atoms with E-state index in [4.69, 9.17) is 5.73 Å². The van der Waals surface area contributed by atoms with E-state index in [1.54, 1.807) is 6.92 Å². The maximum Gasteiger partial charge on any atom is 0.243 e. The first kappa shape index (κ1) is 15.1. The number of hydrogen-bond acceptors (Lipinski definition) is 4. The van der Waals surface area contributed by atoms with Crippen LogP contribution >= 0.6 is 0 Å². The van der Waals surface area contributed by atoms with Crippen molar-refractivity contribution >= 4 is 23.5 Å². The number of nitrogens with one attached hydrogen (secondary N) is 2. The van der Waals surface area contributed by atoms with Crippen LogP contribution in [0.4, 0.5) is 0 Å². The molecule has 0 unspecified atom stereocenters. The molecular weight excluding hydrogens is 250 g/mol. The molecule has 0 aromatic carbocycles. The molecule has 3 amide bonds. The number of primary amides is 1. The zero-order valence-electron chi connectivity index (χ0n) is 10.9. The molecule has 0 aliphatic carbocycles. The van der Waals surface area contributed by atoms with E-state index in [2.05, 4.69) is 10.6 Å². The van der Waals surface area contributed by atoms with Crippen molar-refractivity contribution in [2.45, 2.75) is 51.1 Å². The highest BCUT2D eigenvalue weighted by Crippen LogP contribution is 2.08. The van der Waals surface area contributed by atoms with Crippen molar-refractivity contribution in [2.24, 2.45) is 5.73 Å². The summed E-state index contributed by atoms with van der Waals surface area (Å²) in [6.07, 6.45) is 1.48. The molecular formula is C12H19N3O4. The van der Waals surface area contributed by atoms with Crippen LogP contribution in [0.3, 0.4) is 0 Å². The second-order valence-corrected chi connectivity index (χ2v) is 4.55. The zero-order chi connectivity index (χ0) is 14.4. The summed E-state index contributed by atoms with van der Waals surface area (Å²) in [7, 11) is 0. The lowest BCUT2D eigenvalue weighted by molar-refractivity contribution is -0.129. The van der Waals surface area contributed by atoms with Crippen LogP contribution in [0.1, 0.15) is 39.0 Å². The molecule has 7 heteroatoms. The highest BCUT2D eigenvalue weighted by molar-refractivity contribution is 5.93. The maximum absolute atomic E-state index is 11.8. The van der Waals surface area contributed by atoms with Crippen LogP contribution in [0, 0.1) is 0 Å². The van der Waals surface area contributed by atoms with Crippen molar-refractivity contribution < 1.29 is 19.2 Å². The summed E-state index contributed by atoms with van der Waals surface area (Å²) in [6, 6.07) is -1.49. The molecule has 0 saturated carbocycles. The third-order valence-electron chi connectivity index (χ3n) is 3.08. The summed E-state index contributed by atoms with van der Waals surface area (Å²) in [5, 5.41) is 4.98. The Labute approximate surface area is 111 Å². The number of nitrogens with two attached hydrogens (primary N) is 1. The number of carbonyl (C=O) groups is 4. The van der Waals surface area contributed by atoms with Crippen LogP contribution in [0.5, 0.6) is 0 Å². The van der Waals surface area contributed by atoms with Crippen molar-refractivity contribution in [1.82, 2.24) is 10.6 Å². The third-order valence-corrected chi connectivity index (χ3v) is 3.08. The van der Waals surface area contributed by atoms with Gasteiger partial charge in [0, 0.05) is 19.3 Å². The Balaban J connectivity index is 2.48. The van der Waals surface area contributed by atoms with E-state index in [1.807, 2.05) is 0 Å². The second-order valence-electron chi connectivity index (χ2n) is 4.55. The van der Waals surface area contributed by atoms with Gasteiger partial charge in [-0.2, -0.15) is 0 Å². The molecule has 106 valence electrons. The lowest BCUT2D eigenvalue weighted by atomic mass is 10.1. The predicted octanol–water partition coefficient (Wildman–Crippen LogP) is -1.01. The first-order valence-corrected chi connectivity index (χ1v) is 6.34. The summed E-state index contributed by atoms with van der Waals surface area (Å²) in [6.45, 7) is 1.73. The van der Waals surface area contributed by atoms with Gasteiger partial charge in [0.05, 0.1) is 0 Å². The topological polar surface area (TPSA) is 118 Å². The minimum absolute atomic E-state index is 0.00895. The van der Waals surface area contributed by atoms with Gasteiger partial charge in [-0.3, -0.25) is 19.2 Å². The lowest BCUT2D eigenvalue weighted by Gasteiger charge is -2.17. The quantitative estimate of drug-likeness (QED) is 0.549. The second kappa shape index (κ2) is 6.86. The first-order chi connectivity index (χ1) is 8.93. The molecule has 4 N–H and O–H groups in total. The van der Waals surface area contributed by atoms with Gasteiger partial charge in [-0.15, -0.1) is 0 Å². The molecule has 1 saturated heterocycles. The SMILES string of the molecule is CCC(=O)CC[C@@H](NC(=O)[C@H]1CCC(=O)N1)C(N)=O. The van der Waals surface area contributed by atoms with Gasteiger partial charge < -0.3 is 16.4 Å². The Bertz CT molecular complexity index is 394. The molecule has 1 fully saturated rings. The molecule has 0 aromatic heterocycles. The van der Waals surface area contributed by atoms with E-state index < -0.39 is 23.9 Å². The van der Waals surface area contributed by atoms with Crippen LogP contribution in [0.25, 0.3) is 0 Å². The van der Waals surface area contributed by atoms with Gasteiger partial charge in [0.15, 0.2) is 0 Å². The number of carbonyl (C=O) groups excluding carboxylic acids is 4. The number of rotatable bonds is 7. The molecule has 7 nitrogen and oxygen atoms in total. The van der Waals surface area contributed by atoms with Crippen molar-refractivity contribution in [3.05, 3.63) is 0 Å². The van der Waals surface area contributed by atoms with Crippen LogP contribution in [-0.4, -0.2) is 35.6 Å². The molecule has 0 aromatic rings. The van der Waals surface area contributed by atoms with E-state index in [9.17, 15) is 19.2 Å². The highest BCUT2D eigenvalue weighted by Gasteiger charge is 2.29. The molecule has 0 spiro atoms. The van der Waals surface area contributed by atoms with E-state index in [0.29, 0.717) is 19.3 Å². The van der Waals surface area contributed by atoms with Crippen LogP contribution in [-0.2, 0) is 19.2 Å². The molecule has 2 atom stereocenters. The molecule has 1 heterocycles. The number of Topliss-reactive ketones (excluding diaryl/α,β-unsaturated/α-hetero) is 1. The van der Waals surface area contributed by atoms with Crippen molar-refractivity contribution in [3.8, 4) is 0 Å². The van der Waals surface area contributed by atoms with Gasteiger partial charge in [0.25, 0.3) is 0 Å². The number of hydrogen-bond donors (Lipinski definition) is 3. The molecule has 1 aliphatic rings. The largest absolute Gasteiger partial charge is 0.368 e. The fourth-order valence-corrected chi connectivity index (χ4v) is 1.85. The average Bonchev–Trinajstić information content (AvgIpc) is 2.80. The maximum atomic E-state index is 11.8. The number of ketones is 1. The Kier molecular flexibility index (Phi) is 5.47. The molecule has 0 radical (unpaired) electrons. The fourth-order valence-electron chi connectivity index (χ4n) is 1.85. The summed E-state index contributed by atoms with van der Waals surface area (Å²) < 4.78 is 0. The lowest BCUT2D eigenvalue weighted by Crippen LogP contribution is -2.50. The highest BCUT2D eigenvalue weighted by atomic mass is 16.2. The summed E-state index contributed by atoms with van der Waals surface area (Å²) >= 11 is 0.